The minimum atomic E-state index is -0.728. The van der Waals surface area contributed by atoms with Crippen molar-refractivity contribution in [2.75, 3.05) is 0 Å². The molecule has 0 aliphatic heterocycles. The van der Waals surface area contributed by atoms with E-state index in [1.807, 2.05) is 32.0 Å². The normalized spacial score (nSPS) is 12.4. The first kappa shape index (κ1) is 14.7. The van der Waals surface area contributed by atoms with E-state index < -0.39 is 17.7 Å². The standard InChI is InChI=1S/C17H18F2O/c1-11-3-4-13(7-12(11)2)8-16(20)10-14-9-15(18)5-6-17(14)19/h3-7,9,16,20H,8,10H2,1-2H3. The van der Waals surface area contributed by atoms with Gasteiger partial charge in [-0.1, -0.05) is 18.2 Å². The van der Waals surface area contributed by atoms with E-state index in [-0.39, 0.29) is 12.0 Å². The quantitative estimate of drug-likeness (QED) is 0.902. The van der Waals surface area contributed by atoms with Gasteiger partial charge in [-0.05, 0) is 60.7 Å². The Kier molecular flexibility index (Phi) is 4.50. The van der Waals surface area contributed by atoms with E-state index in [9.17, 15) is 13.9 Å². The first-order valence-electron chi connectivity index (χ1n) is 6.64. The number of halogens is 2. The van der Waals surface area contributed by atoms with Crippen LogP contribution in [0.25, 0.3) is 0 Å². The number of hydrogen-bond donors (Lipinski definition) is 1. The number of hydrogen-bond acceptors (Lipinski definition) is 1. The summed E-state index contributed by atoms with van der Waals surface area (Å²) in [4.78, 5) is 0. The van der Waals surface area contributed by atoms with Crippen molar-refractivity contribution in [2.24, 2.45) is 0 Å². The first-order chi connectivity index (χ1) is 9.45. The molecular formula is C17H18F2O. The summed E-state index contributed by atoms with van der Waals surface area (Å²) >= 11 is 0. The Balaban J connectivity index is 2.06. The lowest BCUT2D eigenvalue weighted by atomic mass is 9.98. The van der Waals surface area contributed by atoms with Crippen molar-refractivity contribution in [3.05, 3.63) is 70.3 Å². The Morgan fingerprint density at radius 3 is 2.40 bits per heavy atom. The van der Waals surface area contributed by atoms with Gasteiger partial charge in [-0.2, -0.15) is 0 Å². The SMILES string of the molecule is Cc1ccc(CC(O)Cc2cc(F)ccc2F)cc1C. The predicted molar refractivity (Wildman–Crippen MR) is 75.7 cm³/mol. The van der Waals surface area contributed by atoms with E-state index in [4.69, 9.17) is 0 Å². The van der Waals surface area contributed by atoms with Crippen molar-refractivity contribution >= 4 is 0 Å². The molecule has 0 amide bonds. The van der Waals surface area contributed by atoms with E-state index in [0.717, 1.165) is 29.3 Å². The average Bonchev–Trinajstić information content (AvgIpc) is 2.38. The van der Waals surface area contributed by atoms with E-state index >= 15 is 0 Å². The van der Waals surface area contributed by atoms with Crippen LogP contribution in [-0.2, 0) is 12.8 Å². The molecule has 2 rings (SSSR count). The lowest BCUT2D eigenvalue weighted by molar-refractivity contribution is 0.174. The molecule has 0 saturated heterocycles. The molecule has 1 N–H and O–H groups in total. The molecule has 0 radical (unpaired) electrons. The summed E-state index contributed by atoms with van der Waals surface area (Å²) in [5.41, 5.74) is 3.56. The van der Waals surface area contributed by atoms with Crippen LogP contribution in [0.1, 0.15) is 22.3 Å². The summed E-state index contributed by atoms with van der Waals surface area (Å²) in [7, 11) is 0. The maximum atomic E-state index is 13.5. The van der Waals surface area contributed by atoms with Gasteiger partial charge < -0.3 is 5.11 Å². The van der Waals surface area contributed by atoms with Crippen molar-refractivity contribution in [1.82, 2.24) is 0 Å². The molecule has 106 valence electrons. The lowest BCUT2D eigenvalue weighted by Gasteiger charge is -2.12. The Labute approximate surface area is 117 Å². The second kappa shape index (κ2) is 6.14. The van der Waals surface area contributed by atoms with E-state index in [1.165, 1.54) is 5.56 Å². The number of aliphatic hydroxyl groups is 1. The molecule has 0 spiro atoms. The molecule has 0 fully saturated rings. The monoisotopic (exact) mass is 276 g/mol. The molecule has 3 heteroatoms. The third kappa shape index (κ3) is 3.64. The van der Waals surface area contributed by atoms with Gasteiger partial charge in [-0.3, -0.25) is 0 Å². The Morgan fingerprint density at radius 1 is 0.950 bits per heavy atom. The summed E-state index contributed by atoms with van der Waals surface area (Å²) in [6.45, 7) is 4.04. The van der Waals surface area contributed by atoms with Gasteiger partial charge in [0.25, 0.3) is 0 Å². The molecule has 0 aliphatic rings. The fourth-order valence-corrected chi connectivity index (χ4v) is 2.23. The van der Waals surface area contributed by atoms with Gasteiger partial charge >= 0.3 is 0 Å². The molecule has 0 bridgehead atoms. The largest absolute Gasteiger partial charge is 0.392 e. The van der Waals surface area contributed by atoms with Crippen LogP contribution in [0.15, 0.2) is 36.4 Å². The first-order valence-corrected chi connectivity index (χ1v) is 6.64. The zero-order valence-corrected chi connectivity index (χ0v) is 11.7. The molecular weight excluding hydrogens is 258 g/mol. The summed E-state index contributed by atoms with van der Waals surface area (Å²) in [6, 6.07) is 9.27. The maximum Gasteiger partial charge on any atom is 0.126 e. The lowest BCUT2D eigenvalue weighted by Crippen LogP contribution is -2.15. The molecule has 2 aromatic rings. The van der Waals surface area contributed by atoms with Crippen molar-refractivity contribution in [3.8, 4) is 0 Å². The van der Waals surface area contributed by atoms with Crippen molar-refractivity contribution in [1.29, 1.82) is 0 Å². The zero-order chi connectivity index (χ0) is 14.7. The molecule has 0 aromatic heterocycles. The van der Waals surface area contributed by atoms with E-state index in [1.54, 1.807) is 0 Å². The highest BCUT2D eigenvalue weighted by Gasteiger charge is 2.11. The molecule has 20 heavy (non-hydrogen) atoms. The van der Waals surface area contributed by atoms with Crippen LogP contribution in [0.5, 0.6) is 0 Å². The third-order valence-electron chi connectivity index (χ3n) is 3.51. The van der Waals surface area contributed by atoms with Crippen LogP contribution in [0.3, 0.4) is 0 Å². The van der Waals surface area contributed by atoms with Crippen LogP contribution in [0.2, 0.25) is 0 Å². The minimum absolute atomic E-state index is 0.108. The highest BCUT2D eigenvalue weighted by Crippen LogP contribution is 2.16. The van der Waals surface area contributed by atoms with Crippen molar-refractivity contribution in [2.45, 2.75) is 32.8 Å². The maximum absolute atomic E-state index is 13.5. The van der Waals surface area contributed by atoms with Crippen LogP contribution < -0.4 is 0 Å². The van der Waals surface area contributed by atoms with E-state index in [0.29, 0.717) is 6.42 Å². The van der Waals surface area contributed by atoms with Gasteiger partial charge in [0.1, 0.15) is 11.6 Å². The summed E-state index contributed by atoms with van der Waals surface area (Å²) in [6.07, 6.45) is -0.193. The van der Waals surface area contributed by atoms with Crippen LogP contribution >= 0.6 is 0 Å². The fourth-order valence-electron chi connectivity index (χ4n) is 2.23. The average molecular weight is 276 g/mol. The Hall–Kier alpha value is -1.74. The minimum Gasteiger partial charge on any atom is -0.392 e. The second-order valence-corrected chi connectivity index (χ2v) is 5.22. The van der Waals surface area contributed by atoms with Crippen molar-refractivity contribution < 1.29 is 13.9 Å². The van der Waals surface area contributed by atoms with Gasteiger partial charge in [-0.25, -0.2) is 8.78 Å². The number of aliphatic hydroxyl groups excluding tert-OH is 1. The number of rotatable bonds is 4. The topological polar surface area (TPSA) is 20.2 Å². The van der Waals surface area contributed by atoms with Gasteiger partial charge in [0.15, 0.2) is 0 Å². The smallest absolute Gasteiger partial charge is 0.126 e. The van der Waals surface area contributed by atoms with Crippen LogP contribution in [0.4, 0.5) is 8.78 Å². The van der Waals surface area contributed by atoms with Gasteiger partial charge in [-0.15, -0.1) is 0 Å². The summed E-state index contributed by atoms with van der Waals surface area (Å²) < 4.78 is 26.6. The van der Waals surface area contributed by atoms with Gasteiger partial charge in [0.2, 0.25) is 0 Å². The zero-order valence-electron chi connectivity index (χ0n) is 11.7. The summed E-state index contributed by atoms with van der Waals surface area (Å²) in [5.74, 6) is -0.967. The third-order valence-corrected chi connectivity index (χ3v) is 3.51. The molecule has 1 atom stereocenters. The summed E-state index contributed by atoms with van der Waals surface area (Å²) in [5, 5.41) is 10.0. The van der Waals surface area contributed by atoms with Gasteiger partial charge in [0.05, 0.1) is 6.10 Å². The number of benzene rings is 2. The fraction of sp³-hybridized carbons (Fsp3) is 0.294. The van der Waals surface area contributed by atoms with Crippen LogP contribution in [0, 0.1) is 25.5 Å². The molecule has 0 saturated carbocycles. The molecule has 0 aliphatic carbocycles. The number of aryl methyl sites for hydroxylation is 2. The molecule has 2 aromatic carbocycles. The Bertz CT molecular complexity index is 608. The van der Waals surface area contributed by atoms with E-state index in [2.05, 4.69) is 0 Å². The van der Waals surface area contributed by atoms with Crippen molar-refractivity contribution in [3.63, 3.8) is 0 Å². The molecule has 1 nitrogen and oxygen atoms in total. The van der Waals surface area contributed by atoms with Crippen LogP contribution in [-0.4, -0.2) is 11.2 Å². The molecule has 0 heterocycles. The second-order valence-electron chi connectivity index (χ2n) is 5.22. The predicted octanol–water partition coefficient (Wildman–Crippen LogP) is 3.73. The molecule has 1 unspecified atom stereocenters. The highest BCUT2D eigenvalue weighted by atomic mass is 19.1. The highest BCUT2D eigenvalue weighted by molar-refractivity contribution is 5.30. The van der Waals surface area contributed by atoms with Gasteiger partial charge in [0, 0.05) is 6.42 Å². The Morgan fingerprint density at radius 2 is 1.70 bits per heavy atom.